The van der Waals surface area contributed by atoms with Crippen LogP contribution in [0.15, 0.2) is 43.1 Å². The number of nitrogens with one attached hydrogen (secondary N) is 1. The fraction of sp³-hybridized carbons (Fsp3) is 0.421. The van der Waals surface area contributed by atoms with Gasteiger partial charge in [0.05, 0.1) is 31.7 Å². The fourth-order valence-electron chi connectivity index (χ4n) is 3.40. The molecule has 1 aliphatic rings. The molecule has 0 radical (unpaired) electrons. The number of hydrogen-bond donors (Lipinski definition) is 2. The molecule has 3 aromatic rings. The number of ether oxygens (including phenoxy) is 2. The average molecular weight is 402 g/mol. The van der Waals surface area contributed by atoms with Crippen molar-refractivity contribution in [3.8, 4) is 5.75 Å². The summed E-state index contributed by atoms with van der Waals surface area (Å²) in [6.07, 6.45) is 7.32. The van der Waals surface area contributed by atoms with Crippen molar-refractivity contribution in [2.75, 3.05) is 20.2 Å². The lowest BCUT2D eigenvalue weighted by Gasteiger charge is -2.29. The second-order valence-corrected chi connectivity index (χ2v) is 6.99. The molecule has 0 aliphatic carbocycles. The molecule has 1 saturated heterocycles. The smallest absolute Gasteiger partial charge is 0.216 e. The Bertz CT molecular complexity index is 947. The maximum Gasteiger partial charge on any atom is 0.216 e. The van der Waals surface area contributed by atoms with E-state index in [0.29, 0.717) is 6.54 Å². The Balaban J connectivity index is 1.54. The number of phenolic OH excluding ortho intramolecular Hbond substituents is 1. The lowest BCUT2D eigenvalue weighted by molar-refractivity contribution is -0.190. The second kappa shape index (κ2) is 8.27. The van der Waals surface area contributed by atoms with E-state index in [-0.39, 0.29) is 30.6 Å². The first kappa shape index (κ1) is 19.5. The summed E-state index contributed by atoms with van der Waals surface area (Å²) in [6.45, 7) is 1.73. The van der Waals surface area contributed by atoms with E-state index >= 15 is 0 Å². The van der Waals surface area contributed by atoms with E-state index in [4.69, 9.17) is 9.47 Å². The molecule has 10 heteroatoms. The molecule has 1 fully saturated rings. The van der Waals surface area contributed by atoms with Crippen molar-refractivity contribution in [3.63, 3.8) is 0 Å². The molecule has 2 aromatic heterocycles. The normalized spacial score (nSPS) is 21.7. The van der Waals surface area contributed by atoms with Gasteiger partial charge in [-0.05, 0) is 19.2 Å². The van der Waals surface area contributed by atoms with Crippen molar-refractivity contribution >= 4 is 0 Å². The largest absolute Gasteiger partial charge is 0.508 e. The van der Waals surface area contributed by atoms with Gasteiger partial charge in [-0.15, -0.1) is 5.10 Å². The molecule has 154 valence electrons. The van der Waals surface area contributed by atoms with E-state index in [9.17, 15) is 9.50 Å². The number of rotatable bonds is 8. The van der Waals surface area contributed by atoms with Crippen LogP contribution in [0.5, 0.6) is 5.75 Å². The molecule has 0 spiro atoms. The summed E-state index contributed by atoms with van der Waals surface area (Å²) >= 11 is 0. The molecular formula is C19H23FN6O3. The Kier molecular flexibility index (Phi) is 5.56. The number of phenols is 1. The zero-order valence-corrected chi connectivity index (χ0v) is 16.0. The molecule has 1 aliphatic heterocycles. The van der Waals surface area contributed by atoms with Gasteiger partial charge >= 0.3 is 0 Å². The Morgan fingerprint density at radius 2 is 2.31 bits per heavy atom. The van der Waals surface area contributed by atoms with Gasteiger partial charge in [-0.3, -0.25) is 0 Å². The van der Waals surface area contributed by atoms with Crippen LogP contribution in [0.2, 0.25) is 0 Å². The Hall–Kier alpha value is -2.82. The number of hydrogen-bond acceptors (Lipinski definition) is 7. The molecule has 29 heavy (non-hydrogen) atoms. The molecule has 2 atom stereocenters. The maximum absolute atomic E-state index is 14.7. The minimum atomic E-state index is -1.33. The zero-order valence-electron chi connectivity index (χ0n) is 16.0. The number of nitrogens with zero attached hydrogens (tertiary/aromatic N) is 5. The van der Waals surface area contributed by atoms with Gasteiger partial charge in [0.25, 0.3) is 0 Å². The topological polar surface area (TPSA) is 99.3 Å². The van der Waals surface area contributed by atoms with Crippen molar-refractivity contribution in [2.24, 2.45) is 0 Å². The van der Waals surface area contributed by atoms with Crippen LogP contribution < -0.4 is 5.32 Å². The fourth-order valence-corrected chi connectivity index (χ4v) is 3.40. The third kappa shape index (κ3) is 4.29. The molecule has 0 unspecified atom stereocenters. The average Bonchev–Trinajstić information content (AvgIpc) is 3.43. The van der Waals surface area contributed by atoms with Crippen molar-refractivity contribution in [2.45, 2.75) is 31.4 Å². The lowest BCUT2D eigenvalue weighted by atomic mass is 10.0. The first-order valence-electron chi connectivity index (χ1n) is 9.38. The van der Waals surface area contributed by atoms with Crippen molar-refractivity contribution in [1.29, 1.82) is 0 Å². The minimum Gasteiger partial charge on any atom is -0.508 e. The van der Waals surface area contributed by atoms with Crippen LogP contribution in [0.4, 0.5) is 4.39 Å². The molecular weight excluding hydrogens is 379 g/mol. The first-order valence-corrected chi connectivity index (χ1v) is 9.38. The van der Waals surface area contributed by atoms with E-state index in [0.717, 1.165) is 24.7 Å². The Labute approximate surface area is 167 Å². The van der Waals surface area contributed by atoms with Gasteiger partial charge in [-0.1, -0.05) is 5.21 Å². The quantitative estimate of drug-likeness (QED) is 0.581. The summed E-state index contributed by atoms with van der Waals surface area (Å²) < 4.78 is 30.4. The monoisotopic (exact) mass is 402 g/mol. The van der Waals surface area contributed by atoms with Crippen LogP contribution in [0.3, 0.4) is 0 Å². The number of benzene rings is 1. The highest BCUT2D eigenvalue weighted by molar-refractivity contribution is 5.31. The molecule has 0 saturated carbocycles. The summed E-state index contributed by atoms with van der Waals surface area (Å²) in [4.78, 5) is 4.03. The van der Waals surface area contributed by atoms with E-state index in [1.165, 1.54) is 12.1 Å². The van der Waals surface area contributed by atoms with E-state index in [1.807, 2.05) is 13.2 Å². The second-order valence-electron chi connectivity index (χ2n) is 6.99. The summed E-state index contributed by atoms with van der Waals surface area (Å²) in [5.74, 6) is -2.09. The predicted molar refractivity (Wildman–Crippen MR) is 100 cm³/mol. The van der Waals surface area contributed by atoms with Gasteiger partial charge in [0, 0.05) is 43.2 Å². The van der Waals surface area contributed by atoms with Crippen LogP contribution in [0, 0.1) is 5.82 Å². The van der Waals surface area contributed by atoms with E-state index < -0.39 is 11.6 Å². The van der Waals surface area contributed by atoms with Gasteiger partial charge in [-0.2, -0.15) is 0 Å². The highest BCUT2D eigenvalue weighted by atomic mass is 19.1. The van der Waals surface area contributed by atoms with Crippen LogP contribution in [0.25, 0.3) is 0 Å². The molecule has 1 aromatic carbocycles. The van der Waals surface area contributed by atoms with Crippen molar-refractivity contribution in [3.05, 3.63) is 60.2 Å². The molecule has 4 rings (SSSR count). The molecule has 3 heterocycles. The molecule has 0 amide bonds. The summed E-state index contributed by atoms with van der Waals surface area (Å²) in [6, 6.07) is 3.95. The number of halogens is 1. The highest BCUT2D eigenvalue weighted by Crippen LogP contribution is 2.38. The van der Waals surface area contributed by atoms with Gasteiger partial charge in [0.2, 0.25) is 5.79 Å². The lowest BCUT2D eigenvalue weighted by Crippen LogP contribution is -2.35. The third-order valence-corrected chi connectivity index (χ3v) is 4.78. The van der Waals surface area contributed by atoms with Crippen LogP contribution in [-0.2, 0) is 34.8 Å². The standard InChI is InChI=1S/C19H23FN6O3/c1-21-5-4-14-9-26(24-23-14)10-16-11-28-19(29-16,12-25-7-6-22-13-25)17-3-2-15(27)8-18(17)20/h2-3,6-9,13,16,21,27H,4-5,10-12H2,1H3/t16-,19-/m0/s1. The van der Waals surface area contributed by atoms with Crippen LogP contribution in [-0.4, -0.2) is 56.0 Å². The third-order valence-electron chi connectivity index (χ3n) is 4.78. The zero-order chi connectivity index (χ0) is 20.3. The molecule has 0 bridgehead atoms. The highest BCUT2D eigenvalue weighted by Gasteiger charge is 2.45. The first-order chi connectivity index (χ1) is 14.1. The maximum atomic E-state index is 14.7. The summed E-state index contributed by atoms with van der Waals surface area (Å²) in [5.41, 5.74) is 1.10. The SMILES string of the molecule is CNCCc1cn(C[C@H]2CO[C@](Cn3ccnc3)(c3ccc(O)cc3F)O2)nn1. The Morgan fingerprint density at radius 3 is 3.07 bits per heavy atom. The van der Waals surface area contributed by atoms with Gasteiger partial charge in [-0.25, -0.2) is 14.1 Å². The van der Waals surface area contributed by atoms with Crippen molar-refractivity contribution < 1.29 is 19.0 Å². The number of likely N-dealkylation sites (N-methyl/N-ethyl adjacent to an activating group) is 1. The minimum absolute atomic E-state index is 0.157. The number of aromatic nitrogens is 5. The number of aromatic hydroxyl groups is 1. The van der Waals surface area contributed by atoms with Gasteiger partial charge in [0.1, 0.15) is 17.7 Å². The van der Waals surface area contributed by atoms with E-state index in [1.54, 1.807) is 28.0 Å². The molecule has 2 N–H and O–H groups in total. The summed E-state index contributed by atoms with van der Waals surface area (Å²) in [5, 5.41) is 20.9. The Morgan fingerprint density at radius 1 is 1.41 bits per heavy atom. The predicted octanol–water partition coefficient (Wildman–Crippen LogP) is 1.05. The van der Waals surface area contributed by atoms with Crippen LogP contribution in [0.1, 0.15) is 11.3 Å². The van der Waals surface area contributed by atoms with Crippen molar-refractivity contribution in [1.82, 2.24) is 29.9 Å². The van der Waals surface area contributed by atoms with Gasteiger partial charge < -0.3 is 24.5 Å². The van der Waals surface area contributed by atoms with E-state index in [2.05, 4.69) is 20.6 Å². The molecule has 9 nitrogen and oxygen atoms in total. The van der Waals surface area contributed by atoms with Gasteiger partial charge in [0.15, 0.2) is 0 Å². The summed E-state index contributed by atoms with van der Waals surface area (Å²) in [7, 11) is 1.89. The van der Waals surface area contributed by atoms with Crippen LogP contribution >= 0.6 is 0 Å². The number of imidazole rings is 1.